The highest BCUT2D eigenvalue weighted by atomic mass is 16.6. The zero-order chi connectivity index (χ0) is 16.1. The number of aromatic nitrogens is 1. The molecule has 1 N–H and O–H groups in total. The molecule has 1 unspecified atom stereocenters. The van der Waals surface area contributed by atoms with E-state index in [-0.39, 0.29) is 11.6 Å². The Balaban J connectivity index is 2.34. The molecular formula is C14H20N4O4. The Hall–Kier alpha value is -2.22. The average Bonchev–Trinajstić information content (AvgIpc) is 2.53. The fourth-order valence-corrected chi connectivity index (χ4v) is 2.59. The molecule has 120 valence electrons. The number of piperazine rings is 1. The van der Waals surface area contributed by atoms with Crippen molar-refractivity contribution in [3.05, 3.63) is 38.8 Å². The zero-order valence-corrected chi connectivity index (χ0v) is 12.5. The van der Waals surface area contributed by atoms with Crippen LogP contribution in [0, 0.1) is 10.1 Å². The van der Waals surface area contributed by atoms with Gasteiger partial charge in [0.1, 0.15) is 6.04 Å². The van der Waals surface area contributed by atoms with Crippen molar-refractivity contribution in [2.75, 3.05) is 26.2 Å². The number of nitro groups is 1. The first-order chi connectivity index (χ1) is 10.5. The summed E-state index contributed by atoms with van der Waals surface area (Å²) in [4.78, 5) is 36.8. The van der Waals surface area contributed by atoms with E-state index in [1.807, 2.05) is 6.92 Å². The molecule has 2 heterocycles. The third-order valence-electron chi connectivity index (χ3n) is 3.74. The van der Waals surface area contributed by atoms with Gasteiger partial charge in [0.25, 0.3) is 11.2 Å². The SMILES string of the molecule is CCCC(C(=O)N1CCNCC1)n1cc([N+](=O)[O-])ccc1=O. The number of carbonyl (C=O) groups excluding carboxylic acids is 1. The van der Waals surface area contributed by atoms with E-state index in [1.165, 1.54) is 10.8 Å². The van der Waals surface area contributed by atoms with E-state index in [0.29, 0.717) is 39.0 Å². The predicted molar refractivity (Wildman–Crippen MR) is 80.8 cm³/mol. The van der Waals surface area contributed by atoms with Gasteiger partial charge in [-0.2, -0.15) is 0 Å². The fraction of sp³-hybridized carbons (Fsp3) is 0.571. The van der Waals surface area contributed by atoms with E-state index in [0.717, 1.165) is 12.1 Å². The van der Waals surface area contributed by atoms with Gasteiger partial charge in [0.2, 0.25) is 5.91 Å². The molecule has 1 saturated heterocycles. The van der Waals surface area contributed by atoms with E-state index in [2.05, 4.69) is 5.32 Å². The number of carbonyl (C=O) groups is 1. The van der Waals surface area contributed by atoms with Crippen molar-refractivity contribution in [1.29, 1.82) is 0 Å². The number of hydrogen-bond donors (Lipinski definition) is 1. The van der Waals surface area contributed by atoms with Gasteiger partial charge < -0.3 is 10.2 Å². The first-order valence-corrected chi connectivity index (χ1v) is 7.40. The summed E-state index contributed by atoms with van der Waals surface area (Å²) in [5.41, 5.74) is -0.582. The van der Waals surface area contributed by atoms with Crippen LogP contribution in [0.2, 0.25) is 0 Å². The third-order valence-corrected chi connectivity index (χ3v) is 3.74. The van der Waals surface area contributed by atoms with Crippen LogP contribution in [0.5, 0.6) is 0 Å². The smallest absolute Gasteiger partial charge is 0.285 e. The van der Waals surface area contributed by atoms with Crippen LogP contribution in [0.25, 0.3) is 0 Å². The first-order valence-electron chi connectivity index (χ1n) is 7.40. The van der Waals surface area contributed by atoms with Crippen LogP contribution in [0.4, 0.5) is 5.69 Å². The van der Waals surface area contributed by atoms with Crippen molar-refractivity contribution >= 4 is 11.6 Å². The van der Waals surface area contributed by atoms with Gasteiger partial charge >= 0.3 is 0 Å². The second-order valence-corrected chi connectivity index (χ2v) is 5.27. The molecule has 0 bridgehead atoms. The number of pyridine rings is 1. The Bertz CT molecular complexity index is 607. The molecule has 1 fully saturated rings. The van der Waals surface area contributed by atoms with Gasteiger partial charge in [-0.3, -0.25) is 24.3 Å². The quantitative estimate of drug-likeness (QED) is 0.632. The lowest BCUT2D eigenvalue weighted by molar-refractivity contribution is -0.385. The number of nitrogens with zero attached hydrogens (tertiary/aromatic N) is 3. The Morgan fingerprint density at radius 1 is 1.41 bits per heavy atom. The molecule has 1 aliphatic heterocycles. The average molecular weight is 308 g/mol. The van der Waals surface area contributed by atoms with Gasteiger partial charge in [-0.1, -0.05) is 13.3 Å². The van der Waals surface area contributed by atoms with Crippen molar-refractivity contribution in [3.8, 4) is 0 Å². The Morgan fingerprint density at radius 3 is 2.68 bits per heavy atom. The number of rotatable bonds is 5. The maximum absolute atomic E-state index is 12.7. The molecule has 0 saturated carbocycles. The maximum Gasteiger partial charge on any atom is 0.285 e. The van der Waals surface area contributed by atoms with Gasteiger partial charge in [0, 0.05) is 38.3 Å². The predicted octanol–water partition coefficient (Wildman–Crippen LogP) is 0.529. The molecule has 1 atom stereocenters. The van der Waals surface area contributed by atoms with Crippen LogP contribution < -0.4 is 10.9 Å². The number of amides is 1. The fourth-order valence-electron chi connectivity index (χ4n) is 2.59. The van der Waals surface area contributed by atoms with Crippen LogP contribution >= 0.6 is 0 Å². The maximum atomic E-state index is 12.7. The highest BCUT2D eigenvalue weighted by molar-refractivity contribution is 5.80. The van der Waals surface area contributed by atoms with Crippen molar-refractivity contribution in [2.45, 2.75) is 25.8 Å². The second-order valence-electron chi connectivity index (χ2n) is 5.27. The largest absolute Gasteiger partial charge is 0.338 e. The molecule has 1 aromatic rings. The van der Waals surface area contributed by atoms with Gasteiger partial charge in [-0.05, 0) is 6.42 Å². The minimum absolute atomic E-state index is 0.147. The Labute approximate surface area is 127 Å². The highest BCUT2D eigenvalue weighted by Crippen LogP contribution is 2.18. The van der Waals surface area contributed by atoms with Crippen LogP contribution in [0.15, 0.2) is 23.1 Å². The van der Waals surface area contributed by atoms with E-state index < -0.39 is 16.5 Å². The molecule has 2 rings (SSSR count). The third kappa shape index (κ3) is 3.51. The number of hydrogen-bond acceptors (Lipinski definition) is 5. The van der Waals surface area contributed by atoms with Crippen LogP contribution in [0.3, 0.4) is 0 Å². The summed E-state index contributed by atoms with van der Waals surface area (Å²) in [5, 5.41) is 14.1. The van der Waals surface area contributed by atoms with Crippen molar-refractivity contribution in [3.63, 3.8) is 0 Å². The normalized spacial score (nSPS) is 16.3. The summed E-state index contributed by atoms with van der Waals surface area (Å²) in [6, 6.07) is 1.62. The Morgan fingerprint density at radius 2 is 2.09 bits per heavy atom. The summed E-state index contributed by atoms with van der Waals surface area (Å²) in [7, 11) is 0. The zero-order valence-electron chi connectivity index (χ0n) is 12.5. The van der Waals surface area contributed by atoms with Gasteiger partial charge in [-0.15, -0.1) is 0 Å². The first kappa shape index (κ1) is 16.2. The molecular weight excluding hydrogens is 288 g/mol. The van der Waals surface area contributed by atoms with Crippen LogP contribution in [0.1, 0.15) is 25.8 Å². The van der Waals surface area contributed by atoms with E-state index in [4.69, 9.17) is 0 Å². The molecule has 0 aromatic carbocycles. The second kappa shape index (κ2) is 7.17. The molecule has 0 aliphatic carbocycles. The minimum Gasteiger partial charge on any atom is -0.338 e. The van der Waals surface area contributed by atoms with E-state index in [9.17, 15) is 19.7 Å². The van der Waals surface area contributed by atoms with E-state index >= 15 is 0 Å². The van der Waals surface area contributed by atoms with Crippen molar-refractivity contribution in [2.24, 2.45) is 0 Å². The van der Waals surface area contributed by atoms with Gasteiger partial charge in [-0.25, -0.2) is 0 Å². The summed E-state index contributed by atoms with van der Waals surface area (Å²) in [5.74, 6) is -0.147. The highest BCUT2D eigenvalue weighted by Gasteiger charge is 2.27. The molecule has 1 amide bonds. The summed E-state index contributed by atoms with van der Waals surface area (Å²) >= 11 is 0. The monoisotopic (exact) mass is 308 g/mol. The van der Waals surface area contributed by atoms with Crippen LogP contribution in [-0.2, 0) is 4.79 Å². The minimum atomic E-state index is -0.685. The summed E-state index contributed by atoms with van der Waals surface area (Å²) < 4.78 is 1.20. The molecule has 8 nitrogen and oxygen atoms in total. The molecule has 0 spiro atoms. The Kier molecular flexibility index (Phi) is 5.26. The summed E-state index contributed by atoms with van der Waals surface area (Å²) in [6.45, 7) is 4.52. The van der Waals surface area contributed by atoms with Crippen LogP contribution in [-0.4, -0.2) is 46.5 Å². The topological polar surface area (TPSA) is 97.5 Å². The number of nitrogens with one attached hydrogen (secondary N) is 1. The van der Waals surface area contributed by atoms with E-state index in [1.54, 1.807) is 4.90 Å². The molecule has 8 heteroatoms. The van der Waals surface area contributed by atoms with Gasteiger partial charge in [0.15, 0.2) is 0 Å². The van der Waals surface area contributed by atoms with Gasteiger partial charge in [0.05, 0.1) is 11.1 Å². The molecule has 22 heavy (non-hydrogen) atoms. The van der Waals surface area contributed by atoms with Crippen molar-refractivity contribution < 1.29 is 9.72 Å². The molecule has 1 aliphatic rings. The van der Waals surface area contributed by atoms with Crippen molar-refractivity contribution in [1.82, 2.24) is 14.8 Å². The summed E-state index contributed by atoms with van der Waals surface area (Å²) in [6.07, 6.45) is 2.35. The lowest BCUT2D eigenvalue weighted by Crippen LogP contribution is -2.49. The molecule has 1 aromatic heterocycles. The standard InChI is InChI=1S/C14H20N4O4/c1-2-3-12(14(20)16-8-6-15-7-9-16)17-10-11(18(21)22)4-5-13(17)19/h4-5,10,12,15H,2-3,6-9H2,1H3. The lowest BCUT2D eigenvalue weighted by atomic mass is 10.1. The molecule has 0 radical (unpaired) electrons. The lowest BCUT2D eigenvalue weighted by Gasteiger charge is -2.31.